The van der Waals surface area contributed by atoms with Crippen LogP contribution >= 0.6 is 0 Å². The highest BCUT2D eigenvalue weighted by molar-refractivity contribution is 5.88. The van der Waals surface area contributed by atoms with E-state index in [-0.39, 0.29) is 18.3 Å². The van der Waals surface area contributed by atoms with Crippen molar-refractivity contribution in [3.05, 3.63) is 41.3 Å². The van der Waals surface area contributed by atoms with E-state index in [1.165, 1.54) is 0 Å². The molecule has 1 aromatic carbocycles. The molecule has 0 saturated heterocycles. The first-order chi connectivity index (χ1) is 10.1. The topological polar surface area (TPSA) is 76.1 Å². The number of hydrogen-bond acceptors (Lipinski definition) is 5. The van der Waals surface area contributed by atoms with Gasteiger partial charge in [0.25, 0.3) is 0 Å². The van der Waals surface area contributed by atoms with Crippen LogP contribution in [-0.2, 0) is 4.74 Å². The number of rotatable bonds is 4. The van der Waals surface area contributed by atoms with Gasteiger partial charge in [-0.2, -0.15) is 5.26 Å². The zero-order chi connectivity index (χ0) is 15.4. The van der Waals surface area contributed by atoms with Crippen molar-refractivity contribution in [2.45, 2.75) is 26.7 Å². The van der Waals surface area contributed by atoms with Gasteiger partial charge in [-0.05, 0) is 31.0 Å². The number of benzene rings is 1. The van der Waals surface area contributed by atoms with E-state index in [1.807, 2.05) is 13.8 Å². The molecule has 2 rings (SSSR count). The van der Waals surface area contributed by atoms with E-state index in [0.29, 0.717) is 22.7 Å². The second-order valence-corrected chi connectivity index (χ2v) is 4.80. The molecule has 0 atom stereocenters. The Bertz CT molecular complexity index is 696. The van der Waals surface area contributed by atoms with Gasteiger partial charge in [-0.1, -0.05) is 19.9 Å². The summed E-state index contributed by atoms with van der Waals surface area (Å²) in [6.07, 6.45) is 0. The summed E-state index contributed by atoms with van der Waals surface area (Å²) in [5, 5.41) is 8.94. The average Bonchev–Trinajstić information content (AvgIpc) is 2.93. The summed E-state index contributed by atoms with van der Waals surface area (Å²) in [6, 6.07) is 8.96. The second kappa shape index (κ2) is 6.23. The highest BCUT2D eigenvalue weighted by Crippen LogP contribution is 2.27. The summed E-state index contributed by atoms with van der Waals surface area (Å²) < 4.78 is 10.6. The smallest absolute Gasteiger partial charge is 0.376 e. The summed E-state index contributed by atoms with van der Waals surface area (Å²) in [7, 11) is 0. The molecule has 0 aliphatic carbocycles. The minimum Gasteiger partial charge on any atom is -0.460 e. The molecule has 0 spiro atoms. The lowest BCUT2D eigenvalue weighted by Crippen LogP contribution is -2.07. The van der Waals surface area contributed by atoms with Gasteiger partial charge in [-0.3, -0.25) is 0 Å². The maximum atomic E-state index is 11.9. The normalized spacial score (nSPS) is 10.4. The number of oxazole rings is 1. The molecule has 1 aromatic heterocycles. The highest BCUT2D eigenvalue weighted by Gasteiger charge is 2.24. The number of nitriles is 1. The fraction of sp³-hybridized carbons (Fsp3) is 0.312. The Morgan fingerprint density at radius 2 is 2.24 bits per heavy atom. The lowest BCUT2D eigenvalue weighted by Gasteiger charge is -2.02. The molecule has 0 aliphatic heterocycles. The van der Waals surface area contributed by atoms with E-state index in [9.17, 15) is 4.79 Å². The first kappa shape index (κ1) is 14.8. The van der Waals surface area contributed by atoms with Crippen LogP contribution in [0.15, 0.2) is 28.7 Å². The van der Waals surface area contributed by atoms with Crippen molar-refractivity contribution >= 4 is 5.97 Å². The molecular weight excluding hydrogens is 268 g/mol. The Balaban J connectivity index is 2.48. The number of ether oxygens (including phenoxy) is 1. The Morgan fingerprint density at radius 3 is 2.86 bits per heavy atom. The summed E-state index contributed by atoms with van der Waals surface area (Å²) in [6.45, 7) is 5.86. The predicted octanol–water partition coefficient (Wildman–Crippen LogP) is 3.51. The summed E-state index contributed by atoms with van der Waals surface area (Å²) in [5.74, 6) is -0.0412. The van der Waals surface area contributed by atoms with Gasteiger partial charge in [-0.25, -0.2) is 9.78 Å². The number of aromatic nitrogens is 1. The van der Waals surface area contributed by atoms with Crippen molar-refractivity contribution in [2.75, 3.05) is 6.61 Å². The van der Waals surface area contributed by atoms with Crippen molar-refractivity contribution in [3.63, 3.8) is 0 Å². The van der Waals surface area contributed by atoms with E-state index < -0.39 is 5.97 Å². The summed E-state index contributed by atoms with van der Waals surface area (Å²) in [4.78, 5) is 16.3. The lowest BCUT2D eigenvalue weighted by atomic mass is 10.1. The van der Waals surface area contributed by atoms with E-state index >= 15 is 0 Å². The van der Waals surface area contributed by atoms with Crippen LogP contribution in [0.1, 0.15) is 48.5 Å². The van der Waals surface area contributed by atoms with E-state index in [0.717, 1.165) is 0 Å². The van der Waals surface area contributed by atoms with Gasteiger partial charge in [0.1, 0.15) is 0 Å². The van der Waals surface area contributed by atoms with Crippen LogP contribution in [-0.4, -0.2) is 17.6 Å². The molecule has 0 unspecified atom stereocenters. The minimum absolute atomic E-state index is 0.0288. The molecule has 0 bridgehead atoms. The Morgan fingerprint density at radius 1 is 1.48 bits per heavy atom. The number of nitrogens with zero attached hydrogens (tertiary/aromatic N) is 2. The molecule has 21 heavy (non-hydrogen) atoms. The van der Waals surface area contributed by atoms with E-state index in [4.69, 9.17) is 14.4 Å². The van der Waals surface area contributed by atoms with Crippen molar-refractivity contribution in [2.24, 2.45) is 0 Å². The lowest BCUT2D eigenvalue weighted by molar-refractivity contribution is 0.0488. The maximum Gasteiger partial charge on any atom is 0.376 e. The van der Waals surface area contributed by atoms with E-state index in [1.54, 1.807) is 31.2 Å². The van der Waals surface area contributed by atoms with Gasteiger partial charge in [-0.15, -0.1) is 0 Å². The molecule has 0 aliphatic rings. The molecule has 5 heteroatoms. The minimum atomic E-state index is -0.517. The van der Waals surface area contributed by atoms with Gasteiger partial charge in [0, 0.05) is 5.56 Å². The quantitative estimate of drug-likeness (QED) is 0.803. The third kappa shape index (κ3) is 3.11. The molecule has 0 radical (unpaired) electrons. The van der Waals surface area contributed by atoms with Gasteiger partial charge in [0.15, 0.2) is 0 Å². The molecule has 0 amide bonds. The number of esters is 1. The zero-order valence-corrected chi connectivity index (χ0v) is 12.2. The zero-order valence-electron chi connectivity index (χ0n) is 12.2. The third-order valence-corrected chi connectivity index (χ3v) is 2.90. The van der Waals surface area contributed by atoms with Crippen molar-refractivity contribution in [1.82, 2.24) is 4.98 Å². The Kier molecular flexibility index (Phi) is 4.39. The maximum absolute atomic E-state index is 11.9. The molecule has 2 aromatic rings. The monoisotopic (exact) mass is 284 g/mol. The summed E-state index contributed by atoms with van der Waals surface area (Å²) in [5.41, 5.74) is 1.73. The second-order valence-electron chi connectivity index (χ2n) is 4.80. The van der Waals surface area contributed by atoms with Crippen molar-refractivity contribution < 1.29 is 13.9 Å². The van der Waals surface area contributed by atoms with Gasteiger partial charge in [0.2, 0.25) is 11.7 Å². The van der Waals surface area contributed by atoms with Gasteiger partial charge < -0.3 is 9.15 Å². The fourth-order valence-corrected chi connectivity index (χ4v) is 1.91. The fourth-order valence-electron chi connectivity index (χ4n) is 1.91. The number of hydrogen-bond donors (Lipinski definition) is 0. The standard InChI is InChI=1S/C16H16N2O3/c1-4-20-16(19)14-13(10(2)3)18-15(21-14)12-7-5-6-11(8-12)9-17/h5-8,10H,4H2,1-3H3. The number of carbonyl (C=O) groups excluding carboxylic acids is 1. The SMILES string of the molecule is CCOC(=O)c1oc(-c2cccc(C#N)c2)nc1C(C)C. The molecular formula is C16H16N2O3. The average molecular weight is 284 g/mol. The van der Waals surface area contributed by atoms with Crippen LogP contribution in [0.4, 0.5) is 0 Å². The predicted molar refractivity (Wildman–Crippen MR) is 76.7 cm³/mol. The number of carbonyl (C=O) groups is 1. The van der Waals surface area contributed by atoms with Gasteiger partial charge in [0.05, 0.1) is 23.9 Å². The molecule has 0 N–H and O–H groups in total. The largest absolute Gasteiger partial charge is 0.460 e. The first-order valence-electron chi connectivity index (χ1n) is 6.75. The molecule has 1 heterocycles. The molecule has 5 nitrogen and oxygen atoms in total. The molecule has 0 saturated carbocycles. The van der Waals surface area contributed by atoms with E-state index in [2.05, 4.69) is 11.1 Å². The highest BCUT2D eigenvalue weighted by atomic mass is 16.5. The van der Waals surface area contributed by atoms with Crippen LogP contribution in [0.5, 0.6) is 0 Å². The molecule has 0 fully saturated rings. The first-order valence-corrected chi connectivity index (χ1v) is 6.75. The Hall–Kier alpha value is -2.61. The third-order valence-electron chi connectivity index (χ3n) is 2.90. The van der Waals surface area contributed by atoms with Crippen LogP contribution in [0.2, 0.25) is 0 Å². The summed E-state index contributed by atoms with van der Waals surface area (Å²) >= 11 is 0. The molecule has 108 valence electrons. The Labute approximate surface area is 123 Å². The van der Waals surface area contributed by atoms with Crippen molar-refractivity contribution in [1.29, 1.82) is 5.26 Å². The van der Waals surface area contributed by atoms with Gasteiger partial charge >= 0.3 is 5.97 Å². The van der Waals surface area contributed by atoms with Crippen molar-refractivity contribution in [3.8, 4) is 17.5 Å². The van der Waals surface area contributed by atoms with Crippen LogP contribution < -0.4 is 0 Å². The van der Waals surface area contributed by atoms with Crippen LogP contribution in [0.3, 0.4) is 0 Å². The van der Waals surface area contributed by atoms with Crippen LogP contribution in [0, 0.1) is 11.3 Å². The van der Waals surface area contributed by atoms with Crippen LogP contribution in [0.25, 0.3) is 11.5 Å².